The Morgan fingerprint density at radius 2 is 1.84 bits per heavy atom. The van der Waals surface area contributed by atoms with Crippen LogP contribution in [0.3, 0.4) is 0 Å². The topological polar surface area (TPSA) is 35.5 Å². The molecule has 1 atom stereocenters. The Balaban J connectivity index is 2.48. The van der Waals surface area contributed by atoms with Gasteiger partial charge in [0.1, 0.15) is 5.75 Å². The van der Waals surface area contributed by atoms with Crippen molar-refractivity contribution in [3.8, 4) is 5.75 Å². The number of hydrogen-bond acceptors (Lipinski definition) is 3. The van der Waals surface area contributed by atoms with Gasteiger partial charge in [-0.3, -0.25) is 0 Å². The summed E-state index contributed by atoms with van der Waals surface area (Å²) in [5, 5.41) is 0.941. The van der Waals surface area contributed by atoms with Crippen LogP contribution in [0.5, 0.6) is 5.75 Å². The number of ether oxygens (including phenoxy) is 2. The molecule has 3 nitrogen and oxygen atoms in total. The average Bonchev–Trinajstić information content (AvgIpc) is 2.38. The van der Waals surface area contributed by atoms with E-state index in [0.717, 1.165) is 6.42 Å². The van der Waals surface area contributed by atoms with Gasteiger partial charge in [-0.2, -0.15) is 0 Å². The average molecular weight is 326 g/mol. The van der Waals surface area contributed by atoms with Crippen LogP contribution >= 0.6 is 34.8 Å². The number of esters is 1. The summed E-state index contributed by atoms with van der Waals surface area (Å²) < 4.78 is 10.3. The summed E-state index contributed by atoms with van der Waals surface area (Å²) in [6.07, 6.45) is 0.951. The molecule has 0 fully saturated rings. The molecule has 0 saturated carbocycles. The van der Waals surface area contributed by atoms with Crippen molar-refractivity contribution in [1.29, 1.82) is 0 Å². The van der Waals surface area contributed by atoms with Crippen LogP contribution in [0.15, 0.2) is 12.1 Å². The first-order chi connectivity index (χ1) is 8.93. The Bertz CT molecular complexity index is 449. The van der Waals surface area contributed by atoms with Crippen LogP contribution in [-0.2, 0) is 9.53 Å². The van der Waals surface area contributed by atoms with Gasteiger partial charge in [-0.25, -0.2) is 4.79 Å². The van der Waals surface area contributed by atoms with Crippen LogP contribution < -0.4 is 4.74 Å². The molecule has 0 aliphatic heterocycles. The van der Waals surface area contributed by atoms with Gasteiger partial charge in [0.2, 0.25) is 0 Å². The molecule has 0 aliphatic carbocycles. The zero-order valence-corrected chi connectivity index (χ0v) is 13.0. The second kappa shape index (κ2) is 7.83. The molecule has 6 heteroatoms. The molecule has 1 aromatic rings. The Morgan fingerprint density at radius 3 is 2.47 bits per heavy atom. The van der Waals surface area contributed by atoms with Crippen molar-refractivity contribution in [2.45, 2.75) is 20.3 Å². The number of carbonyl (C=O) groups excluding carboxylic acids is 1. The molecule has 0 spiro atoms. The highest BCUT2D eigenvalue weighted by molar-refractivity contribution is 6.43. The summed E-state index contributed by atoms with van der Waals surface area (Å²) in [7, 11) is 0. The highest BCUT2D eigenvalue weighted by Crippen LogP contribution is 2.33. The van der Waals surface area contributed by atoms with E-state index in [1.54, 1.807) is 0 Å². The predicted octanol–water partition coefficient (Wildman–Crippen LogP) is 4.61. The first-order valence-corrected chi connectivity index (χ1v) is 7.00. The number of halogens is 3. The summed E-state index contributed by atoms with van der Waals surface area (Å²) in [5.41, 5.74) is 0. The summed E-state index contributed by atoms with van der Waals surface area (Å²) in [5.74, 6) is 0.191. The molecule has 0 amide bonds. The second-order valence-corrected chi connectivity index (χ2v) is 5.40. The van der Waals surface area contributed by atoms with Gasteiger partial charge < -0.3 is 9.47 Å². The molecule has 0 aromatic heterocycles. The van der Waals surface area contributed by atoms with E-state index in [1.807, 2.05) is 13.8 Å². The minimum atomic E-state index is -0.442. The molecule has 0 saturated heterocycles. The van der Waals surface area contributed by atoms with Gasteiger partial charge in [0, 0.05) is 6.07 Å². The van der Waals surface area contributed by atoms with Crippen LogP contribution in [-0.4, -0.2) is 19.2 Å². The third kappa shape index (κ3) is 5.47. The fraction of sp³-hybridized carbons (Fsp3) is 0.462. The van der Waals surface area contributed by atoms with Crippen LogP contribution in [0, 0.1) is 5.92 Å². The van der Waals surface area contributed by atoms with Crippen molar-refractivity contribution >= 4 is 40.8 Å². The minimum Gasteiger partial charge on any atom is -0.480 e. The van der Waals surface area contributed by atoms with E-state index in [1.165, 1.54) is 12.1 Å². The normalized spacial score (nSPS) is 12.1. The van der Waals surface area contributed by atoms with Crippen LogP contribution in [0.4, 0.5) is 0 Å². The van der Waals surface area contributed by atoms with Crippen LogP contribution in [0.2, 0.25) is 15.1 Å². The van der Waals surface area contributed by atoms with Crippen LogP contribution in [0.1, 0.15) is 20.3 Å². The van der Waals surface area contributed by atoms with Crippen molar-refractivity contribution in [3.63, 3.8) is 0 Å². The van der Waals surface area contributed by atoms with Crippen molar-refractivity contribution < 1.29 is 14.3 Å². The van der Waals surface area contributed by atoms with Gasteiger partial charge in [0.05, 0.1) is 21.7 Å². The smallest absolute Gasteiger partial charge is 0.344 e. The zero-order chi connectivity index (χ0) is 14.4. The van der Waals surface area contributed by atoms with E-state index in [-0.39, 0.29) is 6.61 Å². The van der Waals surface area contributed by atoms with Gasteiger partial charge in [0.25, 0.3) is 0 Å². The van der Waals surface area contributed by atoms with Crippen molar-refractivity contribution in [2.75, 3.05) is 13.2 Å². The third-order valence-corrected chi connectivity index (χ3v) is 3.56. The Labute approximate surface area is 127 Å². The van der Waals surface area contributed by atoms with Crippen LogP contribution in [0.25, 0.3) is 0 Å². The summed E-state index contributed by atoms with van der Waals surface area (Å²) in [6.45, 7) is 4.20. The maximum atomic E-state index is 11.5. The molecule has 0 aliphatic rings. The lowest BCUT2D eigenvalue weighted by Gasteiger charge is -2.11. The molecular weight excluding hydrogens is 310 g/mol. The standard InChI is InChI=1S/C13H15Cl3O3/c1-3-8(2)6-19-13(17)7-18-12-5-10(15)9(14)4-11(12)16/h4-5,8H,3,6-7H2,1-2H3/t8-/m1/s1. The quantitative estimate of drug-likeness (QED) is 0.566. The highest BCUT2D eigenvalue weighted by Gasteiger charge is 2.11. The highest BCUT2D eigenvalue weighted by atomic mass is 35.5. The fourth-order valence-electron chi connectivity index (χ4n) is 1.15. The maximum absolute atomic E-state index is 11.5. The molecule has 106 valence electrons. The van der Waals surface area contributed by atoms with Crippen molar-refractivity contribution in [3.05, 3.63) is 27.2 Å². The van der Waals surface area contributed by atoms with E-state index in [2.05, 4.69) is 0 Å². The van der Waals surface area contributed by atoms with E-state index < -0.39 is 5.97 Å². The largest absolute Gasteiger partial charge is 0.480 e. The summed E-state index contributed by atoms with van der Waals surface area (Å²) in [6, 6.07) is 2.93. The number of benzene rings is 1. The van der Waals surface area contributed by atoms with Gasteiger partial charge in [-0.15, -0.1) is 0 Å². The Kier molecular flexibility index (Phi) is 6.76. The van der Waals surface area contributed by atoms with Gasteiger partial charge in [-0.05, 0) is 12.0 Å². The van der Waals surface area contributed by atoms with Gasteiger partial charge >= 0.3 is 5.97 Å². The first-order valence-electron chi connectivity index (χ1n) is 5.87. The Morgan fingerprint density at radius 1 is 1.21 bits per heavy atom. The predicted molar refractivity (Wildman–Crippen MR) is 77.4 cm³/mol. The molecular formula is C13H15Cl3O3. The van der Waals surface area contributed by atoms with Gasteiger partial charge in [-0.1, -0.05) is 55.1 Å². The van der Waals surface area contributed by atoms with Gasteiger partial charge in [0.15, 0.2) is 6.61 Å². The molecule has 1 rings (SSSR count). The molecule has 19 heavy (non-hydrogen) atoms. The lowest BCUT2D eigenvalue weighted by Crippen LogP contribution is -2.18. The van der Waals surface area contributed by atoms with E-state index in [0.29, 0.717) is 33.3 Å². The lowest BCUT2D eigenvalue weighted by molar-refractivity contribution is -0.147. The lowest BCUT2D eigenvalue weighted by atomic mass is 10.1. The first kappa shape index (κ1) is 16.4. The van der Waals surface area contributed by atoms with Crippen molar-refractivity contribution in [1.82, 2.24) is 0 Å². The summed E-state index contributed by atoms with van der Waals surface area (Å²) >= 11 is 17.5. The number of hydrogen-bond donors (Lipinski definition) is 0. The molecule has 1 aromatic carbocycles. The SMILES string of the molecule is CC[C@@H](C)COC(=O)COc1cc(Cl)c(Cl)cc1Cl. The summed E-state index contributed by atoms with van der Waals surface area (Å²) in [4.78, 5) is 11.5. The Hall–Kier alpha value is -0.640. The minimum absolute atomic E-state index is 0.214. The zero-order valence-electron chi connectivity index (χ0n) is 10.7. The molecule has 0 bridgehead atoms. The number of carbonyl (C=O) groups is 1. The van der Waals surface area contributed by atoms with E-state index in [4.69, 9.17) is 44.3 Å². The van der Waals surface area contributed by atoms with E-state index in [9.17, 15) is 4.79 Å². The number of rotatable bonds is 6. The second-order valence-electron chi connectivity index (χ2n) is 4.18. The molecule has 0 unspecified atom stereocenters. The maximum Gasteiger partial charge on any atom is 0.344 e. The fourth-order valence-corrected chi connectivity index (χ4v) is 1.74. The molecule has 0 N–H and O–H groups in total. The third-order valence-electron chi connectivity index (χ3n) is 2.55. The van der Waals surface area contributed by atoms with Crippen molar-refractivity contribution in [2.24, 2.45) is 5.92 Å². The molecule has 0 radical (unpaired) electrons. The molecule has 0 heterocycles. The van der Waals surface area contributed by atoms with E-state index >= 15 is 0 Å². The monoisotopic (exact) mass is 324 g/mol.